The molecule has 0 saturated heterocycles. The average molecular weight is 222 g/mol. The van der Waals surface area contributed by atoms with Crippen molar-refractivity contribution in [2.75, 3.05) is 24.4 Å². The van der Waals surface area contributed by atoms with Crippen LogP contribution in [0, 0.1) is 0 Å². The fraction of sp³-hybridized carbons (Fsp3) is 0.273. The minimum atomic E-state index is -0.521. The Labute approximate surface area is 94.0 Å². The van der Waals surface area contributed by atoms with E-state index in [1.165, 1.54) is 18.9 Å². The summed E-state index contributed by atoms with van der Waals surface area (Å²) < 4.78 is 4.46. The molecule has 0 bridgehead atoms. The van der Waals surface area contributed by atoms with Gasteiger partial charge in [0.2, 0.25) is 5.91 Å². The number of nitrogens with zero attached hydrogens (tertiary/aromatic N) is 1. The predicted octanol–water partition coefficient (Wildman–Crippen LogP) is 1.85. The summed E-state index contributed by atoms with van der Waals surface area (Å²) in [5.74, 6) is -0.0475. The number of anilines is 2. The van der Waals surface area contributed by atoms with Crippen LogP contribution in [0.15, 0.2) is 24.3 Å². The number of methoxy groups -OCH3 is 1. The third-order valence-corrected chi connectivity index (χ3v) is 2.16. The number of hydrogen-bond acceptors (Lipinski definition) is 3. The van der Waals surface area contributed by atoms with Crippen molar-refractivity contribution in [2.24, 2.45) is 0 Å². The highest BCUT2D eigenvalue weighted by molar-refractivity contribution is 5.91. The molecule has 2 amide bonds. The van der Waals surface area contributed by atoms with Gasteiger partial charge in [0.05, 0.1) is 7.11 Å². The summed E-state index contributed by atoms with van der Waals surface area (Å²) in [5.41, 5.74) is 1.38. The molecular weight excluding hydrogens is 208 g/mol. The van der Waals surface area contributed by atoms with Crippen molar-refractivity contribution in [3.63, 3.8) is 0 Å². The molecule has 0 aliphatic carbocycles. The molecule has 0 spiro atoms. The number of rotatable bonds is 2. The van der Waals surface area contributed by atoms with Crippen molar-refractivity contribution in [1.82, 2.24) is 0 Å². The van der Waals surface area contributed by atoms with E-state index in [9.17, 15) is 9.59 Å². The van der Waals surface area contributed by atoms with Gasteiger partial charge in [-0.25, -0.2) is 4.79 Å². The summed E-state index contributed by atoms with van der Waals surface area (Å²) in [6.45, 7) is 1.49. The summed E-state index contributed by atoms with van der Waals surface area (Å²) in [4.78, 5) is 23.5. The van der Waals surface area contributed by atoms with Gasteiger partial charge in [-0.15, -0.1) is 0 Å². The van der Waals surface area contributed by atoms with E-state index >= 15 is 0 Å². The van der Waals surface area contributed by atoms with E-state index in [1.54, 1.807) is 31.3 Å². The number of ether oxygens (including phenoxy) is 1. The fourth-order valence-electron chi connectivity index (χ4n) is 1.12. The molecule has 1 N–H and O–H groups in total. The van der Waals surface area contributed by atoms with Crippen LogP contribution in [0.3, 0.4) is 0 Å². The molecule has 0 atom stereocenters. The number of nitrogens with one attached hydrogen (secondary N) is 1. The first-order valence-electron chi connectivity index (χ1n) is 4.74. The van der Waals surface area contributed by atoms with Gasteiger partial charge in [-0.2, -0.15) is 0 Å². The predicted molar refractivity (Wildman–Crippen MR) is 61.6 cm³/mol. The van der Waals surface area contributed by atoms with Crippen molar-refractivity contribution in [3.8, 4) is 0 Å². The molecule has 0 saturated carbocycles. The Kier molecular flexibility index (Phi) is 3.88. The van der Waals surface area contributed by atoms with Crippen molar-refractivity contribution in [2.45, 2.75) is 6.92 Å². The zero-order chi connectivity index (χ0) is 12.1. The highest BCUT2D eigenvalue weighted by Gasteiger charge is 2.05. The third-order valence-electron chi connectivity index (χ3n) is 2.16. The Morgan fingerprint density at radius 1 is 1.25 bits per heavy atom. The zero-order valence-electron chi connectivity index (χ0n) is 9.48. The van der Waals surface area contributed by atoms with Crippen LogP contribution in [-0.2, 0) is 9.53 Å². The Morgan fingerprint density at radius 2 is 1.81 bits per heavy atom. The van der Waals surface area contributed by atoms with E-state index in [1.807, 2.05) is 0 Å². The molecule has 0 unspecified atom stereocenters. The van der Waals surface area contributed by atoms with E-state index < -0.39 is 6.09 Å². The van der Waals surface area contributed by atoms with Crippen LogP contribution in [0.1, 0.15) is 6.92 Å². The second-order valence-electron chi connectivity index (χ2n) is 3.24. The van der Waals surface area contributed by atoms with Crippen LogP contribution in [0.25, 0.3) is 0 Å². The number of hydrogen-bond donors (Lipinski definition) is 1. The first-order valence-corrected chi connectivity index (χ1v) is 4.74. The van der Waals surface area contributed by atoms with Crippen LogP contribution < -0.4 is 10.2 Å². The molecule has 0 aromatic heterocycles. The van der Waals surface area contributed by atoms with Crippen molar-refractivity contribution in [3.05, 3.63) is 24.3 Å². The molecule has 0 heterocycles. The normalized spacial score (nSPS) is 9.44. The zero-order valence-corrected chi connectivity index (χ0v) is 9.48. The topological polar surface area (TPSA) is 58.6 Å². The second kappa shape index (κ2) is 5.16. The maximum atomic E-state index is 11.1. The minimum absolute atomic E-state index is 0.0475. The summed E-state index contributed by atoms with van der Waals surface area (Å²) >= 11 is 0. The Hall–Kier alpha value is -2.04. The van der Waals surface area contributed by atoms with Gasteiger partial charge in [0, 0.05) is 25.3 Å². The molecule has 1 aromatic carbocycles. The molecular formula is C11H14N2O3. The van der Waals surface area contributed by atoms with Gasteiger partial charge in [-0.05, 0) is 24.3 Å². The molecule has 0 radical (unpaired) electrons. The minimum Gasteiger partial charge on any atom is -0.453 e. The maximum absolute atomic E-state index is 11.1. The largest absolute Gasteiger partial charge is 0.453 e. The first kappa shape index (κ1) is 12.0. The number of carbonyl (C=O) groups excluding carboxylic acids is 2. The molecule has 16 heavy (non-hydrogen) atoms. The van der Waals surface area contributed by atoms with Gasteiger partial charge in [-0.1, -0.05) is 0 Å². The Balaban J connectivity index is 2.75. The molecule has 5 nitrogen and oxygen atoms in total. The van der Waals surface area contributed by atoms with E-state index in [4.69, 9.17) is 0 Å². The number of benzene rings is 1. The van der Waals surface area contributed by atoms with Gasteiger partial charge in [0.1, 0.15) is 0 Å². The Bertz CT molecular complexity index is 387. The van der Waals surface area contributed by atoms with Gasteiger partial charge in [0.25, 0.3) is 0 Å². The average Bonchev–Trinajstić information content (AvgIpc) is 2.28. The lowest BCUT2D eigenvalue weighted by molar-refractivity contribution is -0.116. The summed E-state index contributed by atoms with van der Waals surface area (Å²) in [7, 11) is 2.98. The van der Waals surface area contributed by atoms with Crippen molar-refractivity contribution < 1.29 is 14.3 Å². The highest BCUT2D eigenvalue weighted by atomic mass is 16.5. The van der Waals surface area contributed by atoms with Crippen LogP contribution in [0.2, 0.25) is 0 Å². The van der Waals surface area contributed by atoms with Crippen molar-refractivity contribution >= 4 is 23.4 Å². The van der Waals surface area contributed by atoms with Gasteiger partial charge >= 0.3 is 6.09 Å². The summed E-state index contributed by atoms with van der Waals surface area (Å²) in [6, 6.07) is 6.89. The molecule has 1 rings (SSSR count). The monoisotopic (exact) mass is 222 g/mol. The summed E-state index contributed by atoms with van der Waals surface area (Å²) in [5, 5.41) is 2.52. The number of amides is 2. The lowest BCUT2D eigenvalue weighted by atomic mass is 10.2. The van der Waals surface area contributed by atoms with Crippen LogP contribution in [-0.4, -0.2) is 26.2 Å². The first-order chi connectivity index (χ1) is 7.54. The van der Waals surface area contributed by atoms with Gasteiger partial charge in [0.15, 0.2) is 0 Å². The second-order valence-corrected chi connectivity index (χ2v) is 3.24. The fourth-order valence-corrected chi connectivity index (χ4v) is 1.12. The molecule has 0 fully saturated rings. The van der Waals surface area contributed by atoms with Crippen molar-refractivity contribution in [1.29, 1.82) is 0 Å². The highest BCUT2D eigenvalue weighted by Crippen LogP contribution is 2.16. The lowest BCUT2D eigenvalue weighted by Gasteiger charge is -2.15. The standard InChI is InChI=1S/C11H14N2O3/c1-8(14)13(2)10-6-4-9(5-7-10)12-11(15)16-3/h4-7H,1-3H3,(H,12,15). The Morgan fingerprint density at radius 3 is 2.25 bits per heavy atom. The van der Waals surface area contributed by atoms with E-state index in [-0.39, 0.29) is 5.91 Å². The lowest BCUT2D eigenvalue weighted by Crippen LogP contribution is -2.22. The molecule has 0 aliphatic rings. The number of carbonyl (C=O) groups is 2. The van der Waals surface area contributed by atoms with Crippen LogP contribution in [0.5, 0.6) is 0 Å². The maximum Gasteiger partial charge on any atom is 0.411 e. The van der Waals surface area contributed by atoms with E-state index in [0.717, 1.165) is 5.69 Å². The summed E-state index contributed by atoms with van der Waals surface area (Å²) in [6.07, 6.45) is -0.521. The quantitative estimate of drug-likeness (QED) is 0.830. The van der Waals surface area contributed by atoms with Crippen LogP contribution >= 0.6 is 0 Å². The van der Waals surface area contributed by atoms with Crippen LogP contribution in [0.4, 0.5) is 16.2 Å². The molecule has 86 valence electrons. The molecule has 1 aromatic rings. The van der Waals surface area contributed by atoms with Gasteiger partial charge < -0.3 is 9.64 Å². The third kappa shape index (κ3) is 2.98. The molecule has 5 heteroatoms. The SMILES string of the molecule is COC(=O)Nc1ccc(N(C)C(C)=O)cc1. The van der Waals surface area contributed by atoms with E-state index in [2.05, 4.69) is 10.1 Å². The van der Waals surface area contributed by atoms with E-state index in [0.29, 0.717) is 5.69 Å². The molecule has 0 aliphatic heterocycles. The van der Waals surface area contributed by atoms with Gasteiger partial charge in [-0.3, -0.25) is 10.1 Å². The smallest absolute Gasteiger partial charge is 0.411 e.